The lowest BCUT2D eigenvalue weighted by atomic mass is 10.1. The molecule has 0 atom stereocenters. The van der Waals surface area contributed by atoms with Crippen molar-refractivity contribution in [1.29, 1.82) is 0 Å². The molecule has 2 nitrogen and oxygen atoms in total. The second kappa shape index (κ2) is 3.80. The largest absolute Gasteiger partial charge is 0.308 e. The standard InChI is InChI=1S/C10H13NOS/c1-5-6-11-9(7(2)3)8(4)13-10(11)12/h1,7H,6H2,2-4H3. The van der Waals surface area contributed by atoms with Gasteiger partial charge in [-0.2, -0.15) is 0 Å². The number of aromatic nitrogens is 1. The van der Waals surface area contributed by atoms with Gasteiger partial charge < -0.3 is 0 Å². The van der Waals surface area contributed by atoms with E-state index < -0.39 is 0 Å². The summed E-state index contributed by atoms with van der Waals surface area (Å²) >= 11 is 1.28. The summed E-state index contributed by atoms with van der Waals surface area (Å²) < 4.78 is 1.69. The van der Waals surface area contributed by atoms with Crippen molar-refractivity contribution in [3.05, 3.63) is 20.2 Å². The quantitative estimate of drug-likeness (QED) is 0.661. The SMILES string of the molecule is C#CCn1c(C(C)C)c(C)sc1=O. The molecular formula is C10H13NOS. The first-order valence-corrected chi connectivity index (χ1v) is 5.03. The molecule has 1 rings (SSSR count). The van der Waals surface area contributed by atoms with Gasteiger partial charge in [0.1, 0.15) is 0 Å². The van der Waals surface area contributed by atoms with Crippen molar-refractivity contribution in [2.24, 2.45) is 0 Å². The minimum Gasteiger partial charge on any atom is -0.291 e. The maximum Gasteiger partial charge on any atom is 0.308 e. The van der Waals surface area contributed by atoms with Crippen LogP contribution in [0.4, 0.5) is 0 Å². The van der Waals surface area contributed by atoms with Crippen LogP contribution in [0.3, 0.4) is 0 Å². The van der Waals surface area contributed by atoms with E-state index in [9.17, 15) is 4.79 Å². The van der Waals surface area contributed by atoms with Crippen LogP contribution < -0.4 is 4.87 Å². The third kappa shape index (κ3) is 1.84. The molecule has 0 spiro atoms. The molecular weight excluding hydrogens is 182 g/mol. The zero-order valence-electron chi connectivity index (χ0n) is 8.13. The molecule has 0 amide bonds. The molecule has 1 aromatic rings. The van der Waals surface area contributed by atoms with Crippen molar-refractivity contribution in [2.75, 3.05) is 0 Å². The van der Waals surface area contributed by atoms with Gasteiger partial charge >= 0.3 is 4.87 Å². The van der Waals surface area contributed by atoms with Crippen LogP contribution in [0.5, 0.6) is 0 Å². The average molecular weight is 195 g/mol. The molecule has 1 heterocycles. The van der Waals surface area contributed by atoms with E-state index in [1.54, 1.807) is 4.57 Å². The molecule has 0 radical (unpaired) electrons. The average Bonchev–Trinajstić information content (AvgIpc) is 2.27. The van der Waals surface area contributed by atoms with E-state index in [2.05, 4.69) is 19.8 Å². The van der Waals surface area contributed by atoms with Crippen LogP contribution in [0, 0.1) is 19.3 Å². The first-order valence-electron chi connectivity index (χ1n) is 4.21. The normalized spacial score (nSPS) is 10.4. The lowest BCUT2D eigenvalue weighted by molar-refractivity contribution is 0.692. The van der Waals surface area contributed by atoms with Gasteiger partial charge in [-0.25, -0.2) is 0 Å². The molecule has 3 heteroatoms. The zero-order valence-corrected chi connectivity index (χ0v) is 8.94. The molecule has 70 valence electrons. The Kier molecular flexibility index (Phi) is 2.94. The van der Waals surface area contributed by atoms with Crippen LogP contribution in [0.25, 0.3) is 0 Å². The highest BCUT2D eigenvalue weighted by molar-refractivity contribution is 7.09. The van der Waals surface area contributed by atoms with Gasteiger partial charge in [-0.05, 0) is 12.8 Å². The fraction of sp³-hybridized carbons (Fsp3) is 0.500. The van der Waals surface area contributed by atoms with E-state index in [-0.39, 0.29) is 4.87 Å². The molecule has 0 saturated heterocycles. The Hall–Kier alpha value is -1.01. The number of thiazole rings is 1. The second-order valence-electron chi connectivity index (χ2n) is 3.25. The molecule has 0 aliphatic rings. The van der Waals surface area contributed by atoms with Gasteiger partial charge in [0.15, 0.2) is 0 Å². The fourth-order valence-corrected chi connectivity index (χ4v) is 2.47. The predicted octanol–water partition coefficient (Wildman–Crippen LogP) is 1.97. The fourth-order valence-electron chi connectivity index (χ4n) is 1.49. The van der Waals surface area contributed by atoms with Gasteiger partial charge in [0.2, 0.25) is 0 Å². The van der Waals surface area contributed by atoms with Crippen LogP contribution >= 0.6 is 11.3 Å². The van der Waals surface area contributed by atoms with Crippen LogP contribution in [0.15, 0.2) is 4.79 Å². The van der Waals surface area contributed by atoms with E-state index in [1.165, 1.54) is 11.3 Å². The molecule has 0 N–H and O–H groups in total. The Morgan fingerprint density at radius 1 is 1.62 bits per heavy atom. The van der Waals surface area contributed by atoms with Crippen molar-refractivity contribution >= 4 is 11.3 Å². The summed E-state index contributed by atoms with van der Waals surface area (Å²) in [4.78, 5) is 12.6. The van der Waals surface area contributed by atoms with E-state index >= 15 is 0 Å². The Morgan fingerprint density at radius 3 is 2.69 bits per heavy atom. The van der Waals surface area contributed by atoms with Crippen molar-refractivity contribution in [1.82, 2.24) is 4.57 Å². The molecule has 0 fully saturated rings. The molecule has 1 aromatic heterocycles. The zero-order chi connectivity index (χ0) is 10.0. The maximum absolute atomic E-state index is 11.4. The number of aryl methyl sites for hydroxylation is 1. The summed E-state index contributed by atoms with van der Waals surface area (Å²) in [5, 5.41) is 0. The van der Waals surface area contributed by atoms with E-state index in [4.69, 9.17) is 6.42 Å². The molecule has 0 unspecified atom stereocenters. The lowest BCUT2D eigenvalue weighted by Crippen LogP contribution is -2.16. The van der Waals surface area contributed by atoms with Crippen molar-refractivity contribution in [3.8, 4) is 12.3 Å². The van der Waals surface area contributed by atoms with Gasteiger partial charge in [0, 0.05) is 10.6 Å². The van der Waals surface area contributed by atoms with Crippen LogP contribution in [0.1, 0.15) is 30.3 Å². The number of hydrogen-bond acceptors (Lipinski definition) is 2. The molecule has 0 aromatic carbocycles. The van der Waals surface area contributed by atoms with Gasteiger partial charge in [-0.3, -0.25) is 9.36 Å². The number of terminal acetylenes is 1. The molecule has 0 aliphatic heterocycles. The highest BCUT2D eigenvalue weighted by atomic mass is 32.1. The van der Waals surface area contributed by atoms with Gasteiger partial charge in [0.05, 0.1) is 6.54 Å². The molecule has 0 bridgehead atoms. The number of rotatable bonds is 2. The van der Waals surface area contributed by atoms with E-state index in [1.807, 2.05) is 6.92 Å². The van der Waals surface area contributed by atoms with Crippen molar-refractivity contribution in [3.63, 3.8) is 0 Å². The molecule has 13 heavy (non-hydrogen) atoms. The summed E-state index contributed by atoms with van der Waals surface area (Å²) in [5.41, 5.74) is 1.08. The summed E-state index contributed by atoms with van der Waals surface area (Å²) in [6.45, 7) is 6.49. The van der Waals surface area contributed by atoms with Crippen LogP contribution in [-0.4, -0.2) is 4.57 Å². The van der Waals surface area contributed by atoms with Gasteiger partial charge in [0.25, 0.3) is 0 Å². The Morgan fingerprint density at radius 2 is 2.23 bits per heavy atom. The number of hydrogen-bond donors (Lipinski definition) is 0. The van der Waals surface area contributed by atoms with Crippen LogP contribution in [-0.2, 0) is 6.54 Å². The third-order valence-corrected chi connectivity index (χ3v) is 2.82. The minimum absolute atomic E-state index is 0.0548. The first-order chi connectivity index (χ1) is 6.07. The van der Waals surface area contributed by atoms with Crippen LogP contribution in [0.2, 0.25) is 0 Å². The van der Waals surface area contributed by atoms with E-state index in [0.29, 0.717) is 12.5 Å². The third-order valence-electron chi connectivity index (χ3n) is 1.91. The molecule has 0 aliphatic carbocycles. The predicted molar refractivity (Wildman–Crippen MR) is 56.2 cm³/mol. The van der Waals surface area contributed by atoms with Gasteiger partial charge in [-0.1, -0.05) is 31.1 Å². The van der Waals surface area contributed by atoms with Gasteiger partial charge in [-0.15, -0.1) is 6.42 Å². The smallest absolute Gasteiger partial charge is 0.291 e. The Bertz CT molecular complexity index is 392. The maximum atomic E-state index is 11.4. The summed E-state index contributed by atoms with van der Waals surface area (Å²) in [5.74, 6) is 2.86. The van der Waals surface area contributed by atoms with Crippen molar-refractivity contribution < 1.29 is 0 Å². The molecule has 0 saturated carbocycles. The highest BCUT2D eigenvalue weighted by Gasteiger charge is 2.13. The summed E-state index contributed by atoms with van der Waals surface area (Å²) in [7, 11) is 0. The van der Waals surface area contributed by atoms with Crippen molar-refractivity contribution in [2.45, 2.75) is 33.2 Å². The Labute approximate surface area is 82.2 Å². The second-order valence-corrected chi connectivity index (χ2v) is 4.42. The summed E-state index contributed by atoms with van der Waals surface area (Å²) in [6, 6.07) is 0. The Balaban J connectivity index is 3.31. The summed E-state index contributed by atoms with van der Waals surface area (Å²) in [6.07, 6.45) is 5.20. The first kappa shape index (κ1) is 10.1. The lowest BCUT2D eigenvalue weighted by Gasteiger charge is -2.08. The number of nitrogens with zero attached hydrogens (tertiary/aromatic N) is 1. The monoisotopic (exact) mass is 195 g/mol. The topological polar surface area (TPSA) is 22.0 Å². The highest BCUT2D eigenvalue weighted by Crippen LogP contribution is 2.20. The minimum atomic E-state index is 0.0548. The van der Waals surface area contributed by atoms with E-state index in [0.717, 1.165) is 10.6 Å².